The summed E-state index contributed by atoms with van der Waals surface area (Å²) >= 11 is 1.76. The van der Waals surface area contributed by atoms with Crippen molar-refractivity contribution in [3.05, 3.63) is 30.1 Å². The summed E-state index contributed by atoms with van der Waals surface area (Å²) in [7, 11) is 0. The van der Waals surface area contributed by atoms with Crippen LogP contribution in [0, 0.1) is 0 Å². The Hall–Kier alpha value is -1.03. The highest BCUT2D eigenvalue weighted by Gasteiger charge is 2.22. The van der Waals surface area contributed by atoms with Crippen LogP contribution >= 0.6 is 11.8 Å². The van der Waals surface area contributed by atoms with Crippen LogP contribution in [0.3, 0.4) is 0 Å². The van der Waals surface area contributed by atoms with E-state index < -0.39 is 0 Å². The highest BCUT2D eigenvalue weighted by atomic mass is 32.2. The lowest BCUT2D eigenvalue weighted by Crippen LogP contribution is -2.30. The van der Waals surface area contributed by atoms with Crippen molar-refractivity contribution in [3.63, 3.8) is 0 Å². The summed E-state index contributed by atoms with van der Waals surface area (Å²) in [6, 6.07) is 3.84. The third-order valence-electron chi connectivity index (χ3n) is 2.44. The van der Waals surface area contributed by atoms with Crippen molar-refractivity contribution in [1.29, 1.82) is 0 Å². The molecule has 3 nitrogen and oxygen atoms in total. The lowest BCUT2D eigenvalue weighted by Gasteiger charge is -2.09. The van der Waals surface area contributed by atoms with Gasteiger partial charge in [0.1, 0.15) is 0 Å². The van der Waals surface area contributed by atoms with E-state index in [1.165, 1.54) is 0 Å². The van der Waals surface area contributed by atoms with Gasteiger partial charge in [0, 0.05) is 18.9 Å². The van der Waals surface area contributed by atoms with E-state index in [2.05, 4.69) is 10.3 Å². The molecule has 1 aromatic heterocycles. The molecule has 2 heterocycles. The van der Waals surface area contributed by atoms with E-state index in [0.29, 0.717) is 6.54 Å². The van der Waals surface area contributed by atoms with Crippen molar-refractivity contribution >= 4 is 17.7 Å². The van der Waals surface area contributed by atoms with Gasteiger partial charge in [0.05, 0.1) is 5.25 Å². The summed E-state index contributed by atoms with van der Waals surface area (Å²) in [6.45, 7) is 0.610. The van der Waals surface area contributed by atoms with Crippen molar-refractivity contribution in [3.8, 4) is 0 Å². The number of thioether (sulfide) groups is 1. The van der Waals surface area contributed by atoms with Gasteiger partial charge in [-0.15, -0.1) is 11.8 Å². The molecular weight excluding hydrogens is 208 g/mol. The molecule has 1 saturated heterocycles. The molecule has 1 fully saturated rings. The maximum atomic E-state index is 11.7. The normalized spacial score (nSPS) is 20.1. The third-order valence-corrected chi connectivity index (χ3v) is 3.81. The highest BCUT2D eigenvalue weighted by Crippen LogP contribution is 2.25. The SMILES string of the molecule is O=C(NCc1ccncc1)C1CCCS1. The number of carbonyl (C=O) groups is 1. The van der Waals surface area contributed by atoms with E-state index in [9.17, 15) is 4.79 Å². The van der Waals surface area contributed by atoms with Gasteiger partial charge in [-0.05, 0) is 36.3 Å². The summed E-state index contributed by atoms with van der Waals surface area (Å²) in [6.07, 6.45) is 5.67. The fourth-order valence-electron chi connectivity index (χ4n) is 1.59. The van der Waals surface area contributed by atoms with Gasteiger partial charge in [0.2, 0.25) is 5.91 Å². The standard InChI is InChI=1S/C11H14N2OS/c14-11(10-2-1-7-15-10)13-8-9-3-5-12-6-4-9/h3-6,10H,1-2,7-8H2,(H,13,14). The van der Waals surface area contributed by atoms with Gasteiger partial charge in [0.25, 0.3) is 0 Å². The molecule has 1 atom stereocenters. The molecule has 1 aromatic rings. The molecule has 0 aromatic carbocycles. The van der Waals surface area contributed by atoms with E-state index in [1.54, 1.807) is 24.2 Å². The van der Waals surface area contributed by atoms with Gasteiger partial charge >= 0.3 is 0 Å². The number of nitrogens with zero attached hydrogens (tertiary/aromatic N) is 1. The molecule has 4 heteroatoms. The van der Waals surface area contributed by atoms with E-state index in [4.69, 9.17) is 0 Å². The van der Waals surface area contributed by atoms with Crippen LogP contribution in [0.5, 0.6) is 0 Å². The summed E-state index contributed by atoms with van der Waals surface area (Å²) in [4.78, 5) is 15.6. The molecule has 2 rings (SSSR count). The first-order chi connectivity index (χ1) is 7.36. The predicted octanol–water partition coefficient (Wildman–Crippen LogP) is 1.59. The van der Waals surface area contributed by atoms with Crippen molar-refractivity contribution in [2.75, 3.05) is 5.75 Å². The Kier molecular flexibility index (Phi) is 3.61. The van der Waals surface area contributed by atoms with Gasteiger partial charge in [0.15, 0.2) is 0 Å². The molecule has 1 amide bonds. The largest absolute Gasteiger partial charge is 0.351 e. The average molecular weight is 222 g/mol. The fraction of sp³-hybridized carbons (Fsp3) is 0.455. The van der Waals surface area contributed by atoms with E-state index >= 15 is 0 Å². The quantitative estimate of drug-likeness (QED) is 0.844. The second-order valence-corrected chi connectivity index (χ2v) is 4.89. The van der Waals surface area contributed by atoms with Crippen molar-refractivity contribution in [1.82, 2.24) is 10.3 Å². The van der Waals surface area contributed by atoms with Crippen LogP contribution < -0.4 is 5.32 Å². The van der Waals surface area contributed by atoms with Crippen LogP contribution in [0.2, 0.25) is 0 Å². The van der Waals surface area contributed by atoms with Crippen LogP contribution in [-0.2, 0) is 11.3 Å². The Balaban J connectivity index is 1.80. The smallest absolute Gasteiger partial charge is 0.233 e. The van der Waals surface area contributed by atoms with Crippen LogP contribution in [0.4, 0.5) is 0 Å². The monoisotopic (exact) mass is 222 g/mol. The number of nitrogens with one attached hydrogen (secondary N) is 1. The van der Waals surface area contributed by atoms with E-state index in [1.807, 2.05) is 12.1 Å². The first kappa shape index (κ1) is 10.5. The van der Waals surface area contributed by atoms with Crippen molar-refractivity contribution in [2.45, 2.75) is 24.6 Å². The van der Waals surface area contributed by atoms with Crippen LogP contribution in [0.25, 0.3) is 0 Å². The maximum Gasteiger partial charge on any atom is 0.233 e. The zero-order valence-electron chi connectivity index (χ0n) is 8.48. The molecule has 80 valence electrons. The van der Waals surface area contributed by atoms with Gasteiger partial charge in [-0.2, -0.15) is 0 Å². The number of hydrogen-bond acceptors (Lipinski definition) is 3. The number of carbonyl (C=O) groups excluding carboxylic acids is 1. The minimum absolute atomic E-state index is 0.173. The zero-order valence-corrected chi connectivity index (χ0v) is 9.30. The molecule has 1 N–H and O–H groups in total. The molecule has 1 unspecified atom stereocenters. The molecule has 0 bridgehead atoms. The number of hydrogen-bond donors (Lipinski definition) is 1. The first-order valence-corrected chi connectivity index (χ1v) is 6.19. The van der Waals surface area contributed by atoms with Crippen LogP contribution in [0.15, 0.2) is 24.5 Å². The second-order valence-electron chi connectivity index (χ2n) is 3.57. The Morgan fingerprint density at radius 2 is 2.33 bits per heavy atom. The average Bonchev–Trinajstić information content (AvgIpc) is 2.81. The van der Waals surface area contributed by atoms with Crippen LogP contribution in [-0.4, -0.2) is 21.9 Å². The van der Waals surface area contributed by atoms with Gasteiger partial charge in [-0.3, -0.25) is 9.78 Å². The van der Waals surface area contributed by atoms with E-state index in [-0.39, 0.29) is 11.2 Å². The minimum atomic E-state index is 0.173. The molecule has 0 saturated carbocycles. The van der Waals surface area contributed by atoms with Gasteiger partial charge in [-0.1, -0.05) is 0 Å². The Bertz CT molecular complexity index is 323. The molecule has 1 aliphatic rings. The second kappa shape index (κ2) is 5.16. The lowest BCUT2D eigenvalue weighted by atomic mass is 10.2. The third kappa shape index (κ3) is 2.96. The van der Waals surface area contributed by atoms with Crippen molar-refractivity contribution < 1.29 is 4.79 Å². The van der Waals surface area contributed by atoms with E-state index in [0.717, 1.165) is 24.2 Å². The summed E-state index contributed by atoms with van der Waals surface area (Å²) in [5.41, 5.74) is 1.10. The predicted molar refractivity (Wildman–Crippen MR) is 61.6 cm³/mol. The summed E-state index contributed by atoms with van der Waals surface area (Å²) < 4.78 is 0. The lowest BCUT2D eigenvalue weighted by molar-refractivity contribution is -0.120. The number of pyridine rings is 1. The Morgan fingerprint density at radius 1 is 1.53 bits per heavy atom. The highest BCUT2D eigenvalue weighted by molar-refractivity contribution is 8.00. The summed E-state index contributed by atoms with van der Waals surface area (Å²) in [5, 5.41) is 3.13. The minimum Gasteiger partial charge on any atom is -0.351 e. The fourth-order valence-corrected chi connectivity index (χ4v) is 2.77. The van der Waals surface area contributed by atoms with Gasteiger partial charge in [-0.25, -0.2) is 0 Å². The maximum absolute atomic E-state index is 11.7. The molecular formula is C11H14N2OS. The van der Waals surface area contributed by atoms with Crippen LogP contribution in [0.1, 0.15) is 18.4 Å². The number of rotatable bonds is 3. The number of amides is 1. The Morgan fingerprint density at radius 3 is 3.00 bits per heavy atom. The van der Waals surface area contributed by atoms with Gasteiger partial charge < -0.3 is 5.32 Å². The molecule has 0 aliphatic carbocycles. The molecule has 0 spiro atoms. The van der Waals surface area contributed by atoms with Crippen molar-refractivity contribution in [2.24, 2.45) is 0 Å². The number of aromatic nitrogens is 1. The molecule has 0 radical (unpaired) electrons. The molecule has 15 heavy (non-hydrogen) atoms. The molecule has 1 aliphatic heterocycles. The topological polar surface area (TPSA) is 42.0 Å². The zero-order chi connectivity index (χ0) is 10.5. The summed E-state index contributed by atoms with van der Waals surface area (Å²) in [5.74, 6) is 1.29. The first-order valence-electron chi connectivity index (χ1n) is 5.14. The Labute approximate surface area is 93.7 Å².